The highest BCUT2D eigenvalue weighted by Gasteiger charge is 2.22. The predicted octanol–water partition coefficient (Wildman–Crippen LogP) is 3.66. The van der Waals surface area contributed by atoms with E-state index < -0.39 is 23.9 Å². The number of aromatic nitrogens is 2. The fraction of sp³-hybridized carbons (Fsp3) is 0.250. The fourth-order valence-electron chi connectivity index (χ4n) is 3.34. The number of aromatic amines is 1. The van der Waals surface area contributed by atoms with Gasteiger partial charge >= 0.3 is 6.03 Å². The first kappa shape index (κ1) is 24.5. The molecule has 34 heavy (non-hydrogen) atoms. The van der Waals surface area contributed by atoms with E-state index in [0.717, 1.165) is 11.3 Å². The van der Waals surface area contributed by atoms with Crippen molar-refractivity contribution >= 4 is 29.5 Å². The maximum absolute atomic E-state index is 13.0. The number of imidazole rings is 1. The average molecular weight is 465 g/mol. The van der Waals surface area contributed by atoms with Crippen LogP contribution < -0.4 is 21.4 Å². The van der Waals surface area contributed by atoms with E-state index in [2.05, 4.69) is 25.9 Å². The fourth-order valence-corrected chi connectivity index (χ4v) is 3.34. The number of amides is 4. The zero-order valence-corrected chi connectivity index (χ0v) is 18.6. The molecule has 4 amide bonds. The molecule has 0 bridgehead atoms. The van der Waals surface area contributed by atoms with Gasteiger partial charge in [0.25, 0.3) is 0 Å². The zero-order valence-electron chi connectivity index (χ0n) is 18.6. The summed E-state index contributed by atoms with van der Waals surface area (Å²) in [4.78, 5) is 43.9. The smallest absolute Gasteiger partial charge is 0.319 e. The second-order valence-electron chi connectivity index (χ2n) is 7.65. The van der Waals surface area contributed by atoms with Gasteiger partial charge in [0.2, 0.25) is 17.8 Å². The summed E-state index contributed by atoms with van der Waals surface area (Å²) < 4.78 is 0. The number of carbonyl (C=O) groups is 3. The molecule has 1 aromatic heterocycles. The lowest BCUT2D eigenvalue weighted by molar-refractivity contribution is -0.129. The maximum Gasteiger partial charge on any atom is 0.319 e. The first-order chi connectivity index (χ1) is 16.5. The summed E-state index contributed by atoms with van der Waals surface area (Å²) in [5.74, 6) is -0.592. The molecule has 1 heterocycles. The molecule has 0 saturated heterocycles. The van der Waals surface area contributed by atoms with Gasteiger partial charge in [0.1, 0.15) is 6.04 Å². The lowest BCUT2D eigenvalue weighted by atomic mass is 10.1. The lowest BCUT2D eigenvalue weighted by Gasteiger charge is -2.18. The molecular formula is C24H28N6O4. The van der Waals surface area contributed by atoms with E-state index in [-0.39, 0.29) is 12.4 Å². The highest BCUT2D eigenvalue weighted by Crippen LogP contribution is 2.18. The van der Waals surface area contributed by atoms with Crippen LogP contribution in [-0.4, -0.2) is 39.1 Å². The normalized spacial score (nSPS) is 11.3. The Balaban J connectivity index is 1.60. The number of hydroxylamine groups is 1. The van der Waals surface area contributed by atoms with Crippen LogP contribution in [0.4, 0.5) is 16.4 Å². The Labute approximate surface area is 197 Å². The summed E-state index contributed by atoms with van der Waals surface area (Å²) in [7, 11) is 0. The van der Waals surface area contributed by atoms with Crippen molar-refractivity contribution in [2.45, 2.75) is 38.1 Å². The van der Waals surface area contributed by atoms with E-state index in [0.29, 0.717) is 31.4 Å². The van der Waals surface area contributed by atoms with Crippen LogP contribution >= 0.6 is 0 Å². The van der Waals surface area contributed by atoms with Crippen LogP contribution in [0.1, 0.15) is 32.1 Å². The molecule has 0 aliphatic heterocycles. The molecule has 0 saturated carbocycles. The molecule has 10 heteroatoms. The van der Waals surface area contributed by atoms with E-state index in [9.17, 15) is 14.4 Å². The third-order valence-corrected chi connectivity index (χ3v) is 5.08. The summed E-state index contributed by atoms with van der Waals surface area (Å²) in [6.45, 7) is 0. The van der Waals surface area contributed by atoms with E-state index in [1.165, 1.54) is 0 Å². The molecule has 2 aromatic carbocycles. The second kappa shape index (κ2) is 12.8. The van der Waals surface area contributed by atoms with Gasteiger partial charge in [0, 0.05) is 12.1 Å². The molecule has 0 fully saturated rings. The SMILES string of the molecule is O=C(CCCCC[C@H](NC(=O)Nc1ccccc1)C(=O)Nc1ncc(-c2ccccc2)[nH]1)NO. The number of H-pyrrole nitrogens is 1. The number of carbonyl (C=O) groups excluding carboxylic acids is 3. The molecule has 0 aliphatic rings. The molecule has 10 nitrogen and oxygen atoms in total. The van der Waals surface area contributed by atoms with Gasteiger partial charge in [-0.1, -0.05) is 61.4 Å². The largest absolute Gasteiger partial charge is 0.326 e. The molecule has 0 unspecified atom stereocenters. The quantitative estimate of drug-likeness (QED) is 0.146. The number of para-hydroxylation sites is 1. The van der Waals surface area contributed by atoms with Crippen molar-refractivity contribution in [1.29, 1.82) is 0 Å². The van der Waals surface area contributed by atoms with Gasteiger partial charge in [-0.3, -0.25) is 20.1 Å². The summed E-state index contributed by atoms with van der Waals surface area (Å²) in [6.07, 6.45) is 3.97. The number of nitrogens with one attached hydrogen (secondary N) is 5. The standard InChI is InChI=1S/C24H28N6O4/c31-21(30-34)15-9-3-8-14-19(28-24(33)26-18-12-6-2-7-13-18)22(32)29-23-25-16-20(27-23)17-10-4-1-5-11-17/h1-2,4-7,10-13,16,19,34H,3,8-9,14-15H2,(H,30,31)(H2,26,28,33)(H2,25,27,29,32)/t19-/m0/s1. The Morgan fingerprint density at radius 3 is 2.32 bits per heavy atom. The van der Waals surface area contributed by atoms with Gasteiger partial charge in [0.05, 0.1) is 11.9 Å². The molecule has 178 valence electrons. The first-order valence-corrected chi connectivity index (χ1v) is 11.0. The van der Waals surface area contributed by atoms with Gasteiger partial charge in [-0.15, -0.1) is 0 Å². The molecular weight excluding hydrogens is 436 g/mol. The average Bonchev–Trinajstić information content (AvgIpc) is 3.32. The summed E-state index contributed by atoms with van der Waals surface area (Å²) in [6, 6.07) is 17.2. The maximum atomic E-state index is 13.0. The third kappa shape index (κ3) is 7.75. The molecule has 3 aromatic rings. The number of benzene rings is 2. The molecule has 3 rings (SSSR count). The van der Waals surface area contributed by atoms with Gasteiger partial charge in [-0.05, 0) is 30.5 Å². The molecule has 0 radical (unpaired) electrons. The highest BCUT2D eigenvalue weighted by molar-refractivity contribution is 5.98. The number of unbranched alkanes of at least 4 members (excludes halogenated alkanes) is 2. The van der Waals surface area contributed by atoms with Crippen molar-refractivity contribution < 1.29 is 19.6 Å². The van der Waals surface area contributed by atoms with Crippen LogP contribution in [0.2, 0.25) is 0 Å². The number of hydrogen-bond donors (Lipinski definition) is 6. The number of rotatable bonds is 11. The minimum Gasteiger partial charge on any atom is -0.326 e. The minimum absolute atomic E-state index is 0.184. The predicted molar refractivity (Wildman–Crippen MR) is 128 cm³/mol. The zero-order chi connectivity index (χ0) is 24.2. The Morgan fingerprint density at radius 1 is 0.912 bits per heavy atom. The molecule has 0 aliphatic carbocycles. The van der Waals surface area contributed by atoms with Gasteiger partial charge < -0.3 is 15.6 Å². The van der Waals surface area contributed by atoms with Crippen molar-refractivity contribution in [3.8, 4) is 11.3 Å². The monoisotopic (exact) mass is 464 g/mol. The van der Waals surface area contributed by atoms with E-state index in [1.54, 1.807) is 35.9 Å². The second-order valence-corrected chi connectivity index (χ2v) is 7.65. The highest BCUT2D eigenvalue weighted by atomic mass is 16.5. The lowest BCUT2D eigenvalue weighted by Crippen LogP contribution is -2.45. The van der Waals surface area contributed by atoms with Crippen LogP contribution in [-0.2, 0) is 9.59 Å². The van der Waals surface area contributed by atoms with E-state index in [1.807, 2.05) is 36.4 Å². The van der Waals surface area contributed by atoms with Crippen LogP contribution in [0.25, 0.3) is 11.3 Å². The summed E-state index contributed by atoms with van der Waals surface area (Å²) in [5.41, 5.74) is 3.88. The van der Waals surface area contributed by atoms with Crippen molar-refractivity contribution in [1.82, 2.24) is 20.8 Å². The summed E-state index contributed by atoms with van der Waals surface area (Å²) >= 11 is 0. The van der Waals surface area contributed by atoms with Crippen molar-refractivity contribution in [2.24, 2.45) is 0 Å². The Morgan fingerprint density at radius 2 is 1.62 bits per heavy atom. The Bertz CT molecular complexity index is 1070. The van der Waals surface area contributed by atoms with Crippen LogP contribution in [0.3, 0.4) is 0 Å². The van der Waals surface area contributed by atoms with Gasteiger partial charge in [0.15, 0.2) is 0 Å². The topological polar surface area (TPSA) is 148 Å². The van der Waals surface area contributed by atoms with Crippen molar-refractivity contribution in [3.63, 3.8) is 0 Å². The van der Waals surface area contributed by atoms with E-state index >= 15 is 0 Å². The molecule has 6 N–H and O–H groups in total. The number of hydrogen-bond acceptors (Lipinski definition) is 5. The Kier molecular flexibility index (Phi) is 9.18. The first-order valence-electron chi connectivity index (χ1n) is 11.0. The molecule has 1 atom stereocenters. The number of anilines is 2. The minimum atomic E-state index is -0.819. The number of urea groups is 1. The van der Waals surface area contributed by atoms with Crippen LogP contribution in [0, 0.1) is 0 Å². The summed E-state index contributed by atoms with van der Waals surface area (Å²) in [5, 5.41) is 16.7. The molecule has 0 spiro atoms. The van der Waals surface area contributed by atoms with Crippen molar-refractivity contribution in [2.75, 3.05) is 10.6 Å². The third-order valence-electron chi connectivity index (χ3n) is 5.08. The van der Waals surface area contributed by atoms with Gasteiger partial charge in [-0.2, -0.15) is 0 Å². The van der Waals surface area contributed by atoms with Gasteiger partial charge in [-0.25, -0.2) is 15.3 Å². The van der Waals surface area contributed by atoms with E-state index in [4.69, 9.17) is 5.21 Å². The van der Waals surface area contributed by atoms with Crippen molar-refractivity contribution in [3.05, 3.63) is 66.9 Å². The van der Waals surface area contributed by atoms with Crippen LogP contribution in [0.5, 0.6) is 0 Å². The number of nitrogens with zero attached hydrogens (tertiary/aromatic N) is 1. The Hall–Kier alpha value is -4.18. The van der Waals surface area contributed by atoms with Crippen LogP contribution in [0.15, 0.2) is 66.9 Å².